The first-order valence-corrected chi connectivity index (χ1v) is 9.64. The average molecular weight is 442 g/mol. The Morgan fingerprint density at radius 2 is 2.19 bits per heavy atom. The van der Waals surface area contributed by atoms with E-state index in [1.165, 1.54) is 6.08 Å². The van der Waals surface area contributed by atoms with Crippen LogP contribution in [0.15, 0.2) is 28.9 Å². The molecule has 26 heavy (non-hydrogen) atoms. The first-order valence-electron chi connectivity index (χ1n) is 8.47. The number of unbranched alkanes of at least 4 members (excludes halogenated alkanes) is 2. The molecule has 0 amide bonds. The number of aryl methyl sites for hydroxylation is 1. The summed E-state index contributed by atoms with van der Waals surface area (Å²) in [6.45, 7) is 5.18. The van der Waals surface area contributed by atoms with Gasteiger partial charge in [0.05, 0.1) is 18.8 Å². The molecule has 0 unspecified atom stereocenters. The van der Waals surface area contributed by atoms with Gasteiger partial charge in [-0.1, -0.05) is 37.4 Å². The lowest BCUT2D eigenvalue weighted by atomic mass is 10.2. The van der Waals surface area contributed by atoms with Crippen molar-refractivity contribution in [3.8, 4) is 5.75 Å². The maximum atomic E-state index is 10.8. The van der Waals surface area contributed by atoms with Crippen LogP contribution in [0, 0.1) is 6.92 Å². The average Bonchev–Trinajstić information content (AvgIpc) is 2.85. The lowest BCUT2D eigenvalue weighted by molar-refractivity contribution is -0.131. The van der Waals surface area contributed by atoms with Crippen molar-refractivity contribution in [1.29, 1.82) is 0 Å². The number of carboxylic acids is 1. The summed E-state index contributed by atoms with van der Waals surface area (Å²) in [4.78, 5) is 15.2. The van der Waals surface area contributed by atoms with Gasteiger partial charge in [0.1, 0.15) is 16.2 Å². The Kier molecular flexibility index (Phi) is 7.72. The van der Waals surface area contributed by atoms with Gasteiger partial charge < -0.3 is 14.4 Å². The third-order valence-corrected chi connectivity index (χ3v) is 4.84. The molecule has 1 heterocycles. The molecule has 2 aromatic rings. The fourth-order valence-electron chi connectivity index (χ4n) is 2.51. The summed E-state index contributed by atoms with van der Waals surface area (Å²) in [7, 11) is 0. The van der Waals surface area contributed by atoms with E-state index in [9.17, 15) is 4.79 Å². The van der Waals surface area contributed by atoms with Crippen LogP contribution < -0.4 is 4.74 Å². The summed E-state index contributed by atoms with van der Waals surface area (Å²) < 4.78 is 8.23. The van der Waals surface area contributed by atoms with Crippen LogP contribution in [0.2, 0.25) is 5.02 Å². The second-order valence-electron chi connectivity index (χ2n) is 5.90. The second-order valence-corrected chi connectivity index (χ2v) is 7.06. The molecule has 5 nitrogen and oxygen atoms in total. The standard InChI is InChI=1S/C19H22BrClN2O3/c1-3-4-5-10-26-15-7-6-14(16(21)11-15)12-23-13(2)22-19(20)17(23)8-9-18(24)25/h6-9,11H,3-5,10,12H2,1-2H3,(H,24,25)/b9-8+. The minimum atomic E-state index is -1.01. The van der Waals surface area contributed by atoms with Crippen LogP contribution in [0.5, 0.6) is 5.75 Å². The van der Waals surface area contributed by atoms with Crippen molar-refractivity contribution < 1.29 is 14.6 Å². The summed E-state index contributed by atoms with van der Waals surface area (Å²) in [5, 5.41) is 9.47. The summed E-state index contributed by atoms with van der Waals surface area (Å²) in [6.07, 6.45) is 5.93. The Bertz CT molecular complexity index is 802. The summed E-state index contributed by atoms with van der Waals surface area (Å²) >= 11 is 9.79. The number of hydrogen-bond acceptors (Lipinski definition) is 3. The fourth-order valence-corrected chi connectivity index (χ4v) is 3.35. The number of aliphatic carboxylic acids is 1. The van der Waals surface area contributed by atoms with Gasteiger partial charge in [-0.2, -0.15) is 0 Å². The molecule has 0 aliphatic carbocycles. The van der Waals surface area contributed by atoms with E-state index in [0.717, 1.165) is 42.5 Å². The van der Waals surface area contributed by atoms with Crippen LogP contribution >= 0.6 is 27.5 Å². The van der Waals surface area contributed by atoms with Crippen molar-refractivity contribution in [3.63, 3.8) is 0 Å². The Balaban J connectivity index is 2.17. The third kappa shape index (κ3) is 5.61. The van der Waals surface area contributed by atoms with Crippen LogP contribution in [-0.2, 0) is 11.3 Å². The van der Waals surface area contributed by atoms with Crippen LogP contribution in [0.4, 0.5) is 0 Å². The lowest BCUT2D eigenvalue weighted by Gasteiger charge is -2.12. The maximum Gasteiger partial charge on any atom is 0.328 e. The first-order chi connectivity index (χ1) is 12.4. The van der Waals surface area contributed by atoms with Gasteiger partial charge in [0.25, 0.3) is 0 Å². The summed E-state index contributed by atoms with van der Waals surface area (Å²) in [6, 6.07) is 5.65. The van der Waals surface area contributed by atoms with Crippen LogP contribution in [0.1, 0.15) is 43.3 Å². The monoisotopic (exact) mass is 440 g/mol. The van der Waals surface area contributed by atoms with Gasteiger partial charge in [-0.25, -0.2) is 9.78 Å². The number of benzene rings is 1. The van der Waals surface area contributed by atoms with Crippen LogP contribution in [-0.4, -0.2) is 27.2 Å². The zero-order valence-corrected chi connectivity index (χ0v) is 17.2. The highest BCUT2D eigenvalue weighted by molar-refractivity contribution is 9.10. The van der Waals surface area contributed by atoms with E-state index in [1.807, 2.05) is 29.7 Å². The highest BCUT2D eigenvalue weighted by Gasteiger charge is 2.13. The number of rotatable bonds is 9. The normalized spacial score (nSPS) is 11.2. The molecule has 2 rings (SSSR count). The van der Waals surface area contributed by atoms with Gasteiger partial charge >= 0.3 is 5.97 Å². The molecule has 0 aliphatic heterocycles. The van der Waals surface area contributed by atoms with E-state index in [-0.39, 0.29) is 0 Å². The molecule has 0 radical (unpaired) electrons. The molecular formula is C19H22BrClN2O3. The van der Waals surface area contributed by atoms with E-state index >= 15 is 0 Å². The molecule has 0 saturated carbocycles. The minimum Gasteiger partial charge on any atom is -0.494 e. The molecule has 0 saturated heterocycles. The molecule has 0 fully saturated rings. The smallest absolute Gasteiger partial charge is 0.328 e. The summed E-state index contributed by atoms with van der Waals surface area (Å²) in [5.41, 5.74) is 1.59. The van der Waals surface area contributed by atoms with E-state index in [4.69, 9.17) is 21.4 Å². The maximum absolute atomic E-state index is 10.8. The number of carboxylic acid groups (broad SMARTS) is 1. The van der Waals surface area contributed by atoms with Gasteiger partial charge in [-0.3, -0.25) is 0 Å². The minimum absolute atomic E-state index is 0.485. The highest BCUT2D eigenvalue weighted by atomic mass is 79.9. The zero-order chi connectivity index (χ0) is 19.1. The molecule has 0 bridgehead atoms. The number of hydrogen-bond donors (Lipinski definition) is 1. The largest absolute Gasteiger partial charge is 0.494 e. The first kappa shape index (κ1) is 20.5. The number of aromatic nitrogens is 2. The fraction of sp³-hybridized carbons (Fsp3) is 0.368. The number of ether oxygens (including phenoxy) is 1. The van der Waals surface area contributed by atoms with E-state index in [2.05, 4.69) is 27.8 Å². The quantitative estimate of drug-likeness (QED) is 0.422. The molecule has 0 atom stereocenters. The van der Waals surface area contributed by atoms with Crippen LogP contribution in [0.3, 0.4) is 0 Å². The second kappa shape index (κ2) is 9.78. The molecule has 1 aromatic heterocycles. The molecule has 0 spiro atoms. The Labute approximate surface area is 166 Å². The van der Waals surface area contributed by atoms with Crippen molar-refractivity contribution in [2.24, 2.45) is 0 Å². The predicted octanol–water partition coefficient (Wildman–Crippen LogP) is 5.32. The highest BCUT2D eigenvalue weighted by Crippen LogP contribution is 2.26. The lowest BCUT2D eigenvalue weighted by Crippen LogP contribution is -2.05. The van der Waals surface area contributed by atoms with E-state index < -0.39 is 5.97 Å². The number of nitrogens with zero attached hydrogens (tertiary/aromatic N) is 2. The number of carbonyl (C=O) groups is 1. The van der Waals surface area contributed by atoms with Gasteiger partial charge in [0.2, 0.25) is 0 Å². The molecule has 0 aliphatic rings. The Morgan fingerprint density at radius 3 is 2.85 bits per heavy atom. The van der Waals surface area contributed by atoms with E-state index in [1.54, 1.807) is 0 Å². The van der Waals surface area contributed by atoms with Gasteiger partial charge in [-0.15, -0.1) is 0 Å². The molecular weight excluding hydrogens is 420 g/mol. The van der Waals surface area contributed by atoms with Crippen molar-refractivity contribution in [2.45, 2.75) is 39.7 Å². The molecule has 1 N–H and O–H groups in total. The van der Waals surface area contributed by atoms with Crippen molar-refractivity contribution in [3.05, 3.63) is 51.0 Å². The van der Waals surface area contributed by atoms with Crippen molar-refractivity contribution >= 4 is 39.6 Å². The topological polar surface area (TPSA) is 64.4 Å². The van der Waals surface area contributed by atoms with Gasteiger partial charge in [0.15, 0.2) is 0 Å². The van der Waals surface area contributed by atoms with Crippen molar-refractivity contribution in [1.82, 2.24) is 9.55 Å². The molecule has 140 valence electrons. The zero-order valence-electron chi connectivity index (χ0n) is 14.8. The SMILES string of the molecule is CCCCCOc1ccc(Cn2c(C)nc(Br)c2/C=C/C(=O)O)c(Cl)c1. The molecule has 1 aromatic carbocycles. The third-order valence-electron chi connectivity index (χ3n) is 3.91. The van der Waals surface area contributed by atoms with E-state index in [0.29, 0.717) is 28.5 Å². The van der Waals surface area contributed by atoms with Crippen LogP contribution in [0.25, 0.3) is 6.08 Å². The van der Waals surface area contributed by atoms with Gasteiger partial charge in [-0.05, 0) is 53.0 Å². The predicted molar refractivity (Wildman–Crippen MR) is 107 cm³/mol. The summed E-state index contributed by atoms with van der Waals surface area (Å²) in [5.74, 6) is 0.507. The Morgan fingerprint density at radius 1 is 1.42 bits per heavy atom. The number of halogens is 2. The number of imidazole rings is 1. The Hall–Kier alpha value is -1.79. The van der Waals surface area contributed by atoms with Crippen molar-refractivity contribution in [2.75, 3.05) is 6.61 Å². The van der Waals surface area contributed by atoms with Gasteiger partial charge in [0, 0.05) is 11.1 Å². The molecule has 7 heteroatoms.